The molecule has 4 rings (SSSR count). The number of carbonyl (C=O) groups is 1. The molecule has 12 heteroatoms. The van der Waals surface area contributed by atoms with Crippen LogP contribution in [0.3, 0.4) is 0 Å². The Morgan fingerprint density at radius 2 is 1.85 bits per heavy atom. The Bertz CT molecular complexity index is 1340. The summed E-state index contributed by atoms with van der Waals surface area (Å²) in [6, 6.07) is 4.04. The molecule has 1 fully saturated rings. The van der Waals surface area contributed by atoms with Crippen molar-refractivity contribution in [1.82, 2.24) is 20.2 Å². The van der Waals surface area contributed by atoms with Crippen LogP contribution >= 0.6 is 0 Å². The van der Waals surface area contributed by atoms with Gasteiger partial charge in [-0.3, -0.25) is 4.79 Å². The van der Waals surface area contributed by atoms with Crippen molar-refractivity contribution in [2.24, 2.45) is 0 Å². The van der Waals surface area contributed by atoms with Gasteiger partial charge in [0.15, 0.2) is 23.1 Å². The molecule has 0 aliphatic carbocycles. The lowest BCUT2D eigenvalue weighted by Gasteiger charge is -2.21. The number of aromatic nitrogens is 2. The van der Waals surface area contributed by atoms with E-state index in [2.05, 4.69) is 32.5 Å². The van der Waals surface area contributed by atoms with Gasteiger partial charge in [-0.25, -0.2) is 18.7 Å². The summed E-state index contributed by atoms with van der Waals surface area (Å²) in [6.45, 7) is 5.45. The summed E-state index contributed by atoms with van der Waals surface area (Å²) in [5.41, 5.74) is -0.309. The number of methoxy groups -OCH3 is 2. The van der Waals surface area contributed by atoms with Gasteiger partial charge in [-0.05, 0) is 32.3 Å². The maximum atomic E-state index is 15.3. The Morgan fingerprint density at radius 3 is 2.49 bits per heavy atom. The van der Waals surface area contributed by atoms with E-state index in [1.54, 1.807) is 18.3 Å². The minimum Gasteiger partial charge on any atom is -0.494 e. The molecule has 3 heterocycles. The molecule has 3 N–H and O–H groups in total. The van der Waals surface area contributed by atoms with Gasteiger partial charge in [0.05, 0.1) is 50.8 Å². The van der Waals surface area contributed by atoms with Crippen LogP contribution in [0.5, 0.6) is 11.5 Å². The highest BCUT2D eigenvalue weighted by atomic mass is 19.1. The molecule has 1 amide bonds. The van der Waals surface area contributed by atoms with E-state index in [9.17, 15) is 4.79 Å². The average Bonchev–Trinajstić information content (AvgIpc) is 3.34. The quantitative estimate of drug-likeness (QED) is 0.315. The van der Waals surface area contributed by atoms with Gasteiger partial charge in [0, 0.05) is 36.1 Å². The first kappa shape index (κ1) is 28.0. The summed E-state index contributed by atoms with van der Waals surface area (Å²) < 4.78 is 46.4. The Hall–Kier alpha value is -4.03. The normalized spacial score (nSPS) is 16.8. The lowest BCUT2D eigenvalue weighted by atomic mass is 10.1. The number of nitrogens with zero attached hydrogens (tertiary/aromatic N) is 3. The van der Waals surface area contributed by atoms with Gasteiger partial charge in [-0.15, -0.1) is 0 Å². The summed E-state index contributed by atoms with van der Waals surface area (Å²) in [6.07, 6.45) is 2.81. The zero-order valence-electron chi connectivity index (χ0n) is 22.3. The number of pyridine rings is 2. The lowest BCUT2D eigenvalue weighted by molar-refractivity contribution is -0.117. The molecule has 1 aliphatic rings. The SMILES string of the molecule is C=CC(=O)N[C@H]1COC[C@H]1Nc1cc2c(NCCN(C)C)nc(-c3c(F)c(OC)cc(OC)c3F)cc2cn1. The topological polar surface area (TPSA) is 110 Å². The third kappa shape index (κ3) is 6.18. The molecule has 208 valence electrons. The highest BCUT2D eigenvalue weighted by molar-refractivity contribution is 5.96. The van der Waals surface area contributed by atoms with Gasteiger partial charge in [0.2, 0.25) is 5.91 Å². The molecule has 0 bridgehead atoms. The second-order valence-corrected chi connectivity index (χ2v) is 9.27. The number of fused-ring (bicyclic) bond motifs is 1. The number of anilines is 2. The first-order valence-corrected chi connectivity index (χ1v) is 12.3. The number of benzene rings is 1. The van der Waals surface area contributed by atoms with Crippen LogP contribution in [0.2, 0.25) is 0 Å². The molecular formula is C27H32F2N6O4. The fourth-order valence-electron chi connectivity index (χ4n) is 4.27. The zero-order valence-corrected chi connectivity index (χ0v) is 22.3. The van der Waals surface area contributed by atoms with E-state index in [4.69, 9.17) is 14.2 Å². The Labute approximate surface area is 225 Å². The van der Waals surface area contributed by atoms with Crippen molar-refractivity contribution in [3.63, 3.8) is 0 Å². The van der Waals surface area contributed by atoms with Gasteiger partial charge in [-0.2, -0.15) is 0 Å². The van der Waals surface area contributed by atoms with Crippen LogP contribution in [0.15, 0.2) is 37.1 Å². The Morgan fingerprint density at radius 1 is 1.15 bits per heavy atom. The van der Waals surface area contributed by atoms with Gasteiger partial charge >= 0.3 is 0 Å². The molecule has 3 aromatic rings. The van der Waals surface area contributed by atoms with Crippen molar-refractivity contribution in [3.8, 4) is 22.8 Å². The fraction of sp³-hybridized carbons (Fsp3) is 0.370. The van der Waals surface area contributed by atoms with Crippen LogP contribution in [0.4, 0.5) is 20.4 Å². The predicted molar refractivity (Wildman–Crippen MR) is 145 cm³/mol. The van der Waals surface area contributed by atoms with Gasteiger partial charge in [0.25, 0.3) is 0 Å². The van der Waals surface area contributed by atoms with Crippen LogP contribution in [-0.2, 0) is 9.53 Å². The van der Waals surface area contributed by atoms with Crippen molar-refractivity contribution in [2.45, 2.75) is 12.1 Å². The summed E-state index contributed by atoms with van der Waals surface area (Å²) in [5.74, 6) is -1.44. The van der Waals surface area contributed by atoms with Crippen LogP contribution < -0.4 is 25.4 Å². The molecule has 0 unspecified atom stereocenters. The first-order valence-electron chi connectivity index (χ1n) is 12.3. The van der Waals surface area contributed by atoms with E-state index in [1.165, 1.54) is 20.3 Å². The van der Waals surface area contributed by atoms with Crippen LogP contribution in [0, 0.1) is 11.6 Å². The number of likely N-dealkylation sites (N-methyl/N-ethyl adjacent to an activating group) is 1. The number of rotatable bonds is 11. The monoisotopic (exact) mass is 542 g/mol. The molecule has 10 nitrogen and oxygen atoms in total. The van der Waals surface area contributed by atoms with Gasteiger partial charge < -0.3 is 35.1 Å². The highest BCUT2D eigenvalue weighted by Gasteiger charge is 2.29. The lowest BCUT2D eigenvalue weighted by Crippen LogP contribution is -2.45. The molecular weight excluding hydrogens is 510 g/mol. The van der Waals surface area contributed by atoms with Crippen molar-refractivity contribution in [1.29, 1.82) is 0 Å². The Kier molecular flexibility index (Phi) is 8.77. The minimum absolute atomic E-state index is 0.0564. The summed E-state index contributed by atoms with van der Waals surface area (Å²) in [5, 5.41) is 10.7. The van der Waals surface area contributed by atoms with Crippen molar-refractivity contribution in [2.75, 3.05) is 65.3 Å². The number of ether oxygens (including phenoxy) is 3. The van der Waals surface area contributed by atoms with Gasteiger partial charge in [-0.1, -0.05) is 6.58 Å². The maximum absolute atomic E-state index is 15.3. The second-order valence-electron chi connectivity index (χ2n) is 9.27. The first-order chi connectivity index (χ1) is 18.7. The molecule has 1 aromatic carbocycles. The fourth-order valence-corrected chi connectivity index (χ4v) is 4.27. The molecule has 0 radical (unpaired) electrons. The number of nitrogens with one attached hydrogen (secondary N) is 3. The van der Waals surface area contributed by atoms with Crippen LogP contribution in [0.1, 0.15) is 0 Å². The Balaban J connectivity index is 1.76. The maximum Gasteiger partial charge on any atom is 0.243 e. The largest absolute Gasteiger partial charge is 0.494 e. The van der Waals surface area contributed by atoms with E-state index in [-0.39, 0.29) is 40.7 Å². The number of hydrogen-bond acceptors (Lipinski definition) is 9. The third-order valence-corrected chi connectivity index (χ3v) is 6.32. The summed E-state index contributed by atoms with van der Waals surface area (Å²) in [4.78, 5) is 22.9. The zero-order chi connectivity index (χ0) is 28.1. The number of hydrogen-bond donors (Lipinski definition) is 3. The van der Waals surface area contributed by atoms with Crippen molar-refractivity contribution < 1.29 is 27.8 Å². The molecule has 39 heavy (non-hydrogen) atoms. The molecule has 1 aliphatic heterocycles. The number of amides is 1. The van der Waals surface area contributed by atoms with Crippen LogP contribution in [0.25, 0.3) is 22.0 Å². The number of halogens is 2. The number of carbonyl (C=O) groups excluding carboxylic acids is 1. The van der Waals surface area contributed by atoms with E-state index < -0.39 is 11.6 Å². The summed E-state index contributed by atoms with van der Waals surface area (Å²) in [7, 11) is 6.47. The third-order valence-electron chi connectivity index (χ3n) is 6.32. The summed E-state index contributed by atoms with van der Waals surface area (Å²) >= 11 is 0. The predicted octanol–water partition coefficient (Wildman–Crippen LogP) is 3.05. The molecule has 2 atom stereocenters. The second kappa shape index (κ2) is 12.2. The highest BCUT2D eigenvalue weighted by Crippen LogP contribution is 2.39. The smallest absolute Gasteiger partial charge is 0.243 e. The molecule has 0 spiro atoms. The standard InChI is InChI=1S/C27H32F2N6O4/c1-6-23(36)33-19-14-39-13-18(19)32-22-10-16-15(12-31-22)9-17(34-27(16)30-7-8-35(2)3)24-25(28)20(37-4)11-21(38-5)26(24)29/h6,9-12,18-19H,1,7-8,13-14H2,2-5H3,(H,30,34)(H,31,32)(H,33,36)/t18-,19+/m1/s1. The van der Waals surface area contributed by atoms with Crippen molar-refractivity contribution in [3.05, 3.63) is 48.7 Å². The molecule has 1 saturated heterocycles. The average molecular weight is 543 g/mol. The van der Waals surface area contributed by atoms with Crippen molar-refractivity contribution >= 4 is 28.3 Å². The van der Waals surface area contributed by atoms with E-state index in [0.29, 0.717) is 48.7 Å². The van der Waals surface area contributed by atoms with E-state index in [0.717, 1.165) is 6.07 Å². The van der Waals surface area contributed by atoms with Gasteiger partial charge in [0.1, 0.15) is 11.6 Å². The van der Waals surface area contributed by atoms with E-state index in [1.807, 2.05) is 19.0 Å². The molecule has 2 aromatic heterocycles. The molecule has 0 saturated carbocycles. The van der Waals surface area contributed by atoms with E-state index >= 15 is 8.78 Å². The van der Waals surface area contributed by atoms with Crippen LogP contribution in [-0.4, -0.2) is 87.5 Å². The minimum atomic E-state index is -0.887.